The molecule has 0 amide bonds. The first-order valence-electron chi connectivity index (χ1n) is 11.3. The summed E-state index contributed by atoms with van der Waals surface area (Å²) in [7, 11) is 2.49. The summed E-state index contributed by atoms with van der Waals surface area (Å²) in [5, 5.41) is 4.62. The van der Waals surface area contributed by atoms with Gasteiger partial charge in [0, 0.05) is 18.0 Å². The average Bonchev–Trinajstić information content (AvgIpc) is 3.57. The quantitative estimate of drug-likeness (QED) is 0.309. The van der Waals surface area contributed by atoms with Gasteiger partial charge in [-0.2, -0.15) is 5.10 Å². The van der Waals surface area contributed by atoms with Crippen LogP contribution in [0, 0.1) is 0 Å². The molecule has 0 atom stereocenters. The highest BCUT2D eigenvalue weighted by molar-refractivity contribution is 6.06. The van der Waals surface area contributed by atoms with E-state index in [1.807, 2.05) is 23.8 Å². The second-order valence-corrected chi connectivity index (χ2v) is 7.55. The van der Waals surface area contributed by atoms with Crippen molar-refractivity contribution in [3.63, 3.8) is 0 Å². The van der Waals surface area contributed by atoms with Gasteiger partial charge in [-0.05, 0) is 37.3 Å². The van der Waals surface area contributed by atoms with Crippen molar-refractivity contribution in [2.24, 2.45) is 0 Å². The van der Waals surface area contributed by atoms with Crippen LogP contribution in [0.1, 0.15) is 27.8 Å². The molecule has 0 bridgehead atoms. The van der Waals surface area contributed by atoms with E-state index in [9.17, 15) is 9.59 Å². The molecule has 4 aromatic rings. The van der Waals surface area contributed by atoms with E-state index in [0.29, 0.717) is 42.5 Å². The van der Waals surface area contributed by atoms with Gasteiger partial charge in [0.05, 0.1) is 39.4 Å². The Bertz CT molecular complexity index is 1330. The minimum absolute atomic E-state index is 0.00979. The molecule has 2 aromatic heterocycles. The third-order valence-electron chi connectivity index (χ3n) is 5.34. The lowest BCUT2D eigenvalue weighted by Gasteiger charge is -2.13. The lowest BCUT2D eigenvalue weighted by molar-refractivity contribution is 0.0549. The van der Waals surface area contributed by atoms with E-state index < -0.39 is 11.9 Å². The topological polar surface area (TPSA) is 107 Å². The maximum Gasteiger partial charge on any atom is 0.357 e. The molecular weight excluding hydrogens is 464 g/mol. The summed E-state index contributed by atoms with van der Waals surface area (Å²) in [5.74, 6) is -0.421. The van der Waals surface area contributed by atoms with Crippen LogP contribution in [0.3, 0.4) is 0 Å². The van der Waals surface area contributed by atoms with Crippen LogP contribution >= 0.6 is 0 Å². The number of rotatable bonds is 10. The summed E-state index contributed by atoms with van der Waals surface area (Å²) in [4.78, 5) is 29.7. The highest BCUT2D eigenvalue weighted by atomic mass is 16.5. The summed E-state index contributed by atoms with van der Waals surface area (Å²) in [6, 6.07) is 14.2. The van der Waals surface area contributed by atoms with Crippen LogP contribution in [0.2, 0.25) is 0 Å². The van der Waals surface area contributed by atoms with Gasteiger partial charge in [0.2, 0.25) is 0 Å². The lowest BCUT2D eigenvalue weighted by Crippen LogP contribution is -2.15. The van der Waals surface area contributed by atoms with Crippen molar-refractivity contribution in [2.75, 3.05) is 27.4 Å². The Labute approximate surface area is 208 Å². The van der Waals surface area contributed by atoms with Gasteiger partial charge in [0.1, 0.15) is 17.9 Å². The fraction of sp³-hybridized carbons (Fsp3) is 0.231. The Balaban J connectivity index is 1.78. The number of hydrogen-bond acceptors (Lipinski definition) is 8. The third kappa shape index (κ3) is 5.07. The maximum absolute atomic E-state index is 12.9. The van der Waals surface area contributed by atoms with E-state index in [1.165, 1.54) is 18.9 Å². The summed E-state index contributed by atoms with van der Waals surface area (Å²) in [6.45, 7) is 3.28. The van der Waals surface area contributed by atoms with Crippen molar-refractivity contribution in [3.8, 4) is 28.4 Å². The third-order valence-corrected chi connectivity index (χ3v) is 5.34. The zero-order valence-corrected chi connectivity index (χ0v) is 20.2. The van der Waals surface area contributed by atoms with Gasteiger partial charge in [0.25, 0.3) is 0 Å². The summed E-state index contributed by atoms with van der Waals surface area (Å²) >= 11 is 0. The first-order valence-corrected chi connectivity index (χ1v) is 11.3. The zero-order chi connectivity index (χ0) is 25.5. The van der Waals surface area contributed by atoms with Crippen molar-refractivity contribution in [2.45, 2.75) is 13.5 Å². The molecule has 0 spiro atoms. The van der Waals surface area contributed by atoms with Crippen LogP contribution in [-0.4, -0.2) is 58.7 Å². The molecule has 0 saturated heterocycles. The summed E-state index contributed by atoms with van der Waals surface area (Å²) in [5.41, 5.74) is 1.32. The summed E-state index contributed by atoms with van der Waals surface area (Å²) in [6.07, 6.45) is 5.27. The number of esters is 2. The van der Waals surface area contributed by atoms with E-state index in [4.69, 9.17) is 18.9 Å². The smallest absolute Gasteiger partial charge is 0.357 e. The normalized spacial score (nSPS) is 10.6. The Morgan fingerprint density at radius 1 is 0.944 bits per heavy atom. The predicted molar refractivity (Wildman–Crippen MR) is 131 cm³/mol. The number of nitrogens with zero attached hydrogens (tertiary/aromatic N) is 4. The molecule has 0 N–H and O–H groups in total. The number of imidazole rings is 1. The molecular formula is C26H26N4O6. The molecule has 0 radical (unpaired) electrons. The molecule has 0 saturated carbocycles. The fourth-order valence-electron chi connectivity index (χ4n) is 3.68. The van der Waals surface area contributed by atoms with Crippen LogP contribution in [0.4, 0.5) is 0 Å². The van der Waals surface area contributed by atoms with Gasteiger partial charge in [0.15, 0.2) is 17.2 Å². The molecule has 36 heavy (non-hydrogen) atoms. The van der Waals surface area contributed by atoms with E-state index >= 15 is 0 Å². The van der Waals surface area contributed by atoms with Crippen molar-refractivity contribution in [1.29, 1.82) is 0 Å². The molecule has 0 aliphatic carbocycles. The van der Waals surface area contributed by atoms with Gasteiger partial charge >= 0.3 is 11.9 Å². The Hall–Kier alpha value is -4.60. The molecule has 4 rings (SSSR count). The molecule has 0 unspecified atom stereocenters. The van der Waals surface area contributed by atoms with Gasteiger partial charge in [-0.25, -0.2) is 19.3 Å². The SMILES string of the molecule is CCOc1cc(-c2nn(-c3ccccc3)c(C(=O)OC)c2C(=O)OC)ccc1OCCn1ccnc1. The Morgan fingerprint density at radius 3 is 2.39 bits per heavy atom. The number of carbonyl (C=O) groups excluding carboxylic acids is 2. The highest BCUT2D eigenvalue weighted by Crippen LogP contribution is 2.35. The minimum atomic E-state index is -0.720. The molecule has 10 heteroatoms. The van der Waals surface area contributed by atoms with Crippen molar-refractivity contribution in [3.05, 3.63) is 78.5 Å². The number of aromatic nitrogens is 4. The second-order valence-electron chi connectivity index (χ2n) is 7.55. The molecule has 0 aliphatic rings. The van der Waals surface area contributed by atoms with Gasteiger partial charge in [-0.1, -0.05) is 18.2 Å². The Morgan fingerprint density at radius 2 is 1.72 bits per heavy atom. The van der Waals surface area contributed by atoms with Crippen LogP contribution < -0.4 is 9.47 Å². The van der Waals surface area contributed by atoms with Crippen LogP contribution in [0.5, 0.6) is 11.5 Å². The number of ether oxygens (including phenoxy) is 4. The number of methoxy groups -OCH3 is 2. The number of carbonyl (C=O) groups is 2. The summed E-state index contributed by atoms with van der Waals surface area (Å²) < 4.78 is 25.0. The standard InChI is InChI=1S/C26H26N4O6/c1-4-35-21-16-18(10-11-20(21)36-15-14-29-13-12-27-17-29)23-22(25(31)33-2)24(26(32)34-3)30(28-23)19-8-6-5-7-9-19/h5-13,16-17H,4,14-15H2,1-3H3. The molecule has 0 aliphatic heterocycles. The molecule has 2 aromatic carbocycles. The van der Waals surface area contributed by atoms with Crippen molar-refractivity contribution < 1.29 is 28.5 Å². The molecule has 10 nitrogen and oxygen atoms in total. The zero-order valence-electron chi connectivity index (χ0n) is 20.2. The molecule has 0 fully saturated rings. The van der Waals surface area contributed by atoms with E-state index in [1.54, 1.807) is 55.0 Å². The van der Waals surface area contributed by atoms with Crippen molar-refractivity contribution >= 4 is 11.9 Å². The second kappa shape index (κ2) is 11.2. The average molecular weight is 491 g/mol. The first-order chi connectivity index (χ1) is 17.6. The fourth-order valence-corrected chi connectivity index (χ4v) is 3.68. The largest absolute Gasteiger partial charge is 0.490 e. The minimum Gasteiger partial charge on any atom is -0.490 e. The van der Waals surface area contributed by atoms with Crippen molar-refractivity contribution in [1.82, 2.24) is 19.3 Å². The lowest BCUT2D eigenvalue weighted by atomic mass is 10.0. The predicted octanol–water partition coefficient (Wildman–Crippen LogP) is 3.79. The number of para-hydroxylation sites is 1. The van der Waals surface area contributed by atoms with Crippen LogP contribution in [-0.2, 0) is 16.0 Å². The van der Waals surface area contributed by atoms with Crippen LogP contribution in [0.25, 0.3) is 16.9 Å². The van der Waals surface area contributed by atoms with E-state index in [0.717, 1.165) is 0 Å². The number of hydrogen-bond donors (Lipinski definition) is 0. The van der Waals surface area contributed by atoms with E-state index in [2.05, 4.69) is 10.1 Å². The maximum atomic E-state index is 12.9. The van der Waals surface area contributed by atoms with Gasteiger partial charge in [-0.15, -0.1) is 0 Å². The molecule has 2 heterocycles. The monoisotopic (exact) mass is 490 g/mol. The van der Waals surface area contributed by atoms with E-state index in [-0.39, 0.29) is 17.0 Å². The van der Waals surface area contributed by atoms with Crippen LogP contribution in [0.15, 0.2) is 67.3 Å². The van der Waals surface area contributed by atoms with Gasteiger partial charge < -0.3 is 23.5 Å². The van der Waals surface area contributed by atoms with Gasteiger partial charge in [-0.3, -0.25) is 0 Å². The highest BCUT2D eigenvalue weighted by Gasteiger charge is 2.31. The Kier molecular flexibility index (Phi) is 7.64. The first kappa shape index (κ1) is 24.5. The number of benzene rings is 2. The molecule has 186 valence electrons.